The quantitative estimate of drug-likeness (QED) is 0.864. The van der Waals surface area contributed by atoms with E-state index < -0.39 is 0 Å². The number of nitrogens with zero attached hydrogens (tertiary/aromatic N) is 3. The standard InChI is InChI=1S/C16H25ClN4/c1-3-5-14-15(17)18-10-19-16(14)20-11-8-12-6-4-7-13(9-11)21(12)2/h10-13H,3-9H2,1-2H3,(H,18,19,20). The molecule has 2 unspecified atom stereocenters. The topological polar surface area (TPSA) is 41.1 Å². The predicted octanol–water partition coefficient (Wildman–Crippen LogP) is 3.51. The molecule has 0 radical (unpaired) electrons. The molecule has 1 aromatic heterocycles. The number of fused-ring (bicyclic) bond motifs is 2. The molecule has 1 N–H and O–H groups in total. The Hall–Kier alpha value is -0.870. The van der Waals surface area contributed by atoms with Crippen LogP contribution in [0.3, 0.4) is 0 Å². The van der Waals surface area contributed by atoms with Gasteiger partial charge in [-0.05, 0) is 39.2 Å². The van der Waals surface area contributed by atoms with Crippen LogP contribution in [-0.4, -0.2) is 40.0 Å². The Morgan fingerprint density at radius 2 is 2.00 bits per heavy atom. The van der Waals surface area contributed by atoms with Gasteiger partial charge in [-0.25, -0.2) is 9.97 Å². The van der Waals surface area contributed by atoms with Crippen molar-refractivity contribution in [2.45, 2.75) is 70.0 Å². The van der Waals surface area contributed by atoms with Crippen molar-refractivity contribution in [3.8, 4) is 0 Å². The number of anilines is 1. The number of piperidine rings is 2. The third-order valence-corrected chi connectivity index (χ3v) is 5.40. The van der Waals surface area contributed by atoms with Crippen molar-refractivity contribution < 1.29 is 0 Å². The molecule has 0 saturated carbocycles. The summed E-state index contributed by atoms with van der Waals surface area (Å²) in [7, 11) is 2.29. The molecule has 0 aromatic carbocycles. The van der Waals surface area contributed by atoms with Crippen molar-refractivity contribution in [3.63, 3.8) is 0 Å². The van der Waals surface area contributed by atoms with Crippen molar-refractivity contribution in [1.82, 2.24) is 14.9 Å². The summed E-state index contributed by atoms with van der Waals surface area (Å²) in [5, 5.41) is 4.26. The molecule has 116 valence electrons. The number of aromatic nitrogens is 2. The number of rotatable bonds is 4. The molecule has 4 nitrogen and oxygen atoms in total. The summed E-state index contributed by atoms with van der Waals surface area (Å²) >= 11 is 6.25. The van der Waals surface area contributed by atoms with E-state index in [0.29, 0.717) is 11.2 Å². The highest BCUT2D eigenvalue weighted by atomic mass is 35.5. The number of hydrogen-bond donors (Lipinski definition) is 1. The van der Waals surface area contributed by atoms with Gasteiger partial charge in [0.1, 0.15) is 17.3 Å². The molecule has 0 amide bonds. The first-order valence-corrected chi connectivity index (χ1v) is 8.54. The largest absolute Gasteiger partial charge is 0.367 e. The average Bonchev–Trinajstić information content (AvgIpc) is 2.44. The van der Waals surface area contributed by atoms with E-state index >= 15 is 0 Å². The minimum Gasteiger partial charge on any atom is -0.367 e. The maximum atomic E-state index is 6.25. The van der Waals surface area contributed by atoms with Gasteiger partial charge in [-0.3, -0.25) is 0 Å². The molecule has 5 heteroatoms. The monoisotopic (exact) mass is 308 g/mol. The summed E-state index contributed by atoms with van der Waals surface area (Å²) in [5.74, 6) is 0.949. The molecular weight excluding hydrogens is 284 g/mol. The summed E-state index contributed by atoms with van der Waals surface area (Å²) in [5.41, 5.74) is 1.07. The second kappa shape index (κ2) is 6.49. The van der Waals surface area contributed by atoms with Gasteiger partial charge in [-0.2, -0.15) is 0 Å². The van der Waals surface area contributed by atoms with E-state index in [1.807, 2.05) is 0 Å². The average molecular weight is 309 g/mol. The SMILES string of the molecule is CCCc1c(Cl)ncnc1NC1CC2CCCC(C1)N2C. The third kappa shape index (κ3) is 3.16. The fraction of sp³-hybridized carbons (Fsp3) is 0.750. The van der Waals surface area contributed by atoms with Crippen molar-refractivity contribution in [2.75, 3.05) is 12.4 Å². The highest BCUT2D eigenvalue weighted by Gasteiger charge is 2.36. The molecular formula is C16H25ClN4. The molecule has 2 fully saturated rings. The van der Waals surface area contributed by atoms with Crippen molar-refractivity contribution in [3.05, 3.63) is 17.0 Å². The maximum absolute atomic E-state index is 6.25. The Balaban J connectivity index is 1.74. The second-order valence-electron chi connectivity index (χ2n) is 6.46. The first-order valence-electron chi connectivity index (χ1n) is 8.17. The van der Waals surface area contributed by atoms with Gasteiger partial charge in [0.05, 0.1) is 0 Å². The van der Waals surface area contributed by atoms with Gasteiger partial charge in [-0.15, -0.1) is 0 Å². The molecule has 2 atom stereocenters. The van der Waals surface area contributed by atoms with E-state index in [9.17, 15) is 0 Å². The lowest BCUT2D eigenvalue weighted by molar-refractivity contribution is 0.0607. The van der Waals surface area contributed by atoms with Crippen LogP contribution in [0.4, 0.5) is 5.82 Å². The van der Waals surface area contributed by atoms with Gasteiger partial charge in [0.2, 0.25) is 0 Å². The van der Waals surface area contributed by atoms with E-state index in [2.05, 4.69) is 34.2 Å². The van der Waals surface area contributed by atoms with Crippen LogP contribution < -0.4 is 5.32 Å². The highest BCUT2D eigenvalue weighted by Crippen LogP contribution is 2.34. The van der Waals surface area contributed by atoms with E-state index in [1.165, 1.54) is 32.1 Å². The second-order valence-corrected chi connectivity index (χ2v) is 6.82. The first kappa shape index (κ1) is 15.0. The molecule has 0 spiro atoms. The van der Waals surface area contributed by atoms with Crippen LogP contribution in [0.2, 0.25) is 5.15 Å². The molecule has 2 aliphatic rings. The minimum atomic E-state index is 0.512. The Morgan fingerprint density at radius 3 is 2.67 bits per heavy atom. The molecule has 21 heavy (non-hydrogen) atoms. The van der Waals surface area contributed by atoms with Crippen LogP contribution in [-0.2, 0) is 6.42 Å². The van der Waals surface area contributed by atoms with Crippen LogP contribution in [0.5, 0.6) is 0 Å². The summed E-state index contributed by atoms with van der Waals surface area (Å²) in [6.45, 7) is 2.16. The molecule has 2 saturated heterocycles. The van der Waals surface area contributed by atoms with Crippen LogP contribution in [0.25, 0.3) is 0 Å². The van der Waals surface area contributed by atoms with Crippen LogP contribution in [0, 0.1) is 0 Å². The van der Waals surface area contributed by atoms with Crippen molar-refractivity contribution in [2.24, 2.45) is 0 Å². The van der Waals surface area contributed by atoms with Crippen LogP contribution in [0.1, 0.15) is 51.0 Å². The fourth-order valence-electron chi connectivity index (χ4n) is 3.91. The zero-order valence-corrected chi connectivity index (χ0v) is 13.7. The molecule has 1 aromatic rings. The number of hydrogen-bond acceptors (Lipinski definition) is 4. The van der Waals surface area contributed by atoms with Crippen LogP contribution >= 0.6 is 11.6 Å². The van der Waals surface area contributed by atoms with E-state index in [4.69, 9.17) is 11.6 Å². The number of nitrogens with one attached hydrogen (secondary N) is 1. The smallest absolute Gasteiger partial charge is 0.137 e. The normalized spacial score (nSPS) is 29.4. The summed E-state index contributed by atoms with van der Waals surface area (Å²) in [4.78, 5) is 11.2. The van der Waals surface area contributed by atoms with Crippen molar-refractivity contribution >= 4 is 17.4 Å². The highest BCUT2D eigenvalue weighted by molar-refractivity contribution is 6.30. The lowest BCUT2D eigenvalue weighted by Crippen LogP contribution is -2.52. The Bertz CT molecular complexity index is 479. The zero-order chi connectivity index (χ0) is 14.8. The minimum absolute atomic E-state index is 0.512. The van der Waals surface area contributed by atoms with Gasteiger partial charge < -0.3 is 10.2 Å². The van der Waals surface area contributed by atoms with Gasteiger partial charge in [0.25, 0.3) is 0 Å². The Labute approximate surface area is 132 Å². The summed E-state index contributed by atoms with van der Waals surface area (Å²) in [6.07, 6.45) is 10.0. The van der Waals surface area contributed by atoms with Gasteiger partial charge in [0, 0.05) is 23.7 Å². The van der Waals surface area contributed by atoms with Crippen molar-refractivity contribution in [1.29, 1.82) is 0 Å². The van der Waals surface area contributed by atoms with E-state index in [1.54, 1.807) is 6.33 Å². The molecule has 2 bridgehead atoms. The molecule has 2 aliphatic heterocycles. The molecule has 0 aliphatic carbocycles. The third-order valence-electron chi connectivity index (χ3n) is 5.07. The fourth-order valence-corrected chi connectivity index (χ4v) is 4.14. The predicted molar refractivity (Wildman–Crippen MR) is 86.9 cm³/mol. The Morgan fingerprint density at radius 1 is 1.29 bits per heavy atom. The van der Waals surface area contributed by atoms with E-state index in [0.717, 1.165) is 36.3 Å². The summed E-state index contributed by atoms with van der Waals surface area (Å²) in [6, 6.07) is 1.96. The zero-order valence-electron chi connectivity index (χ0n) is 13.0. The van der Waals surface area contributed by atoms with Gasteiger partial charge >= 0.3 is 0 Å². The van der Waals surface area contributed by atoms with Crippen LogP contribution in [0.15, 0.2) is 6.33 Å². The number of halogens is 1. The maximum Gasteiger partial charge on any atom is 0.137 e. The molecule has 3 rings (SSSR count). The Kier molecular flexibility index (Phi) is 4.65. The molecule has 3 heterocycles. The lowest BCUT2D eigenvalue weighted by atomic mass is 9.82. The van der Waals surface area contributed by atoms with Gasteiger partial charge in [0.15, 0.2) is 0 Å². The van der Waals surface area contributed by atoms with E-state index in [-0.39, 0.29) is 0 Å². The summed E-state index contributed by atoms with van der Waals surface area (Å²) < 4.78 is 0. The first-order chi connectivity index (χ1) is 10.2. The van der Waals surface area contributed by atoms with Gasteiger partial charge in [-0.1, -0.05) is 31.4 Å². The lowest BCUT2D eigenvalue weighted by Gasteiger charge is -2.47.